The standard InChI is InChI=1S/C26H33ClO8/c1-25(31-4)26(2,32-5)35-24-21(29)22(33-20(14-28)23(24)34-25)16-8-11-19(27)17(13-16)12-15-6-9-18(30-3)10-7-15/h6-11,13,20-24,28-29H,12,14H2,1-5H3/t20-,21+,22+,23-,24-,25+,26+/m1/s1. The van der Waals surface area contributed by atoms with Crippen molar-refractivity contribution in [2.75, 3.05) is 27.9 Å². The molecule has 2 aliphatic heterocycles. The molecule has 2 saturated heterocycles. The molecule has 4 rings (SSSR count). The van der Waals surface area contributed by atoms with Crippen LogP contribution in [0.25, 0.3) is 0 Å². The van der Waals surface area contributed by atoms with E-state index in [9.17, 15) is 10.2 Å². The van der Waals surface area contributed by atoms with Crippen molar-refractivity contribution in [1.82, 2.24) is 0 Å². The molecule has 35 heavy (non-hydrogen) atoms. The predicted molar refractivity (Wildman–Crippen MR) is 129 cm³/mol. The molecule has 0 aliphatic carbocycles. The molecule has 8 nitrogen and oxygen atoms in total. The zero-order chi connectivity index (χ0) is 25.4. The maximum atomic E-state index is 11.4. The molecule has 2 heterocycles. The summed E-state index contributed by atoms with van der Waals surface area (Å²) in [7, 11) is 4.59. The third-order valence-electron chi connectivity index (χ3n) is 7.12. The third-order valence-corrected chi connectivity index (χ3v) is 7.48. The Kier molecular flexibility index (Phi) is 7.76. The van der Waals surface area contributed by atoms with Crippen LogP contribution in [0.2, 0.25) is 5.02 Å². The highest BCUT2D eigenvalue weighted by molar-refractivity contribution is 6.31. The van der Waals surface area contributed by atoms with Gasteiger partial charge < -0.3 is 38.6 Å². The normalized spacial score (nSPS) is 34.9. The first-order chi connectivity index (χ1) is 16.7. The number of aliphatic hydroxyl groups is 2. The van der Waals surface area contributed by atoms with Gasteiger partial charge in [-0.15, -0.1) is 0 Å². The minimum absolute atomic E-state index is 0.330. The Morgan fingerprint density at radius 2 is 1.57 bits per heavy atom. The van der Waals surface area contributed by atoms with Crippen molar-refractivity contribution in [3.63, 3.8) is 0 Å². The highest BCUT2D eigenvalue weighted by Gasteiger charge is 2.62. The molecule has 0 unspecified atom stereocenters. The SMILES string of the molecule is COc1ccc(Cc2cc([C@@H]3O[C@H](CO)[C@H]4O[C@](C)(OC)[C@@](C)(OC)O[C@@H]4[C@H]3O)ccc2Cl)cc1. The fourth-order valence-electron chi connectivity index (χ4n) is 4.70. The molecule has 0 spiro atoms. The Hall–Kier alpha value is -1.75. The molecular formula is C26H33ClO8. The quantitative estimate of drug-likeness (QED) is 0.588. The summed E-state index contributed by atoms with van der Waals surface area (Å²) >= 11 is 6.51. The molecule has 9 heteroatoms. The van der Waals surface area contributed by atoms with Crippen LogP contribution in [-0.4, -0.2) is 74.1 Å². The van der Waals surface area contributed by atoms with Gasteiger partial charge in [0.25, 0.3) is 0 Å². The van der Waals surface area contributed by atoms with Crippen molar-refractivity contribution in [3.8, 4) is 5.75 Å². The topological polar surface area (TPSA) is 95.8 Å². The van der Waals surface area contributed by atoms with E-state index >= 15 is 0 Å². The predicted octanol–water partition coefficient (Wildman–Crippen LogP) is 3.24. The molecule has 0 saturated carbocycles. The Bertz CT molecular complexity index is 1020. The number of halogens is 1. The zero-order valence-electron chi connectivity index (χ0n) is 20.6. The summed E-state index contributed by atoms with van der Waals surface area (Å²) in [6.45, 7) is 3.04. The number of ether oxygens (including phenoxy) is 6. The fourth-order valence-corrected chi connectivity index (χ4v) is 4.88. The number of methoxy groups -OCH3 is 3. The summed E-state index contributed by atoms with van der Waals surface area (Å²) in [6.07, 6.45) is -3.66. The van der Waals surface area contributed by atoms with Gasteiger partial charge in [0, 0.05) is 19.2 Å². The van der Waals surface area contributed by atoms with E-state index in [1.807, 2.05) is 30.3 Å². The molecule has 7 atom stereocenters. The van der Waals surface area contributed by atoms with Crippen molar-refractivity contribution in [2.45, 2.75) is 62.4 Å². The molecule has 0 radical (unpaired) electrons. The highest BCUT2D eigenvalue weighted by Crippen LogP contribution is 2.46. The Morgan fingerprint density at radius 1 is 0.943 bits per heavy atom. The lowest BCUT2D eigenvalue weighted by molar-refractivity contribution is -0.473. The van der Waals surface area contributed by atoms with E-state index in [4.69, 9.17) is 40.0 Å². The lowest BCUT2D eigenvalue weighted by Gasteiger charge is -2.56. The van der Waals surface area contributed by atoms with E-state index < -0.39 is 42.1 Å². The molecule has 2 fully saturated rings. The van der Waals surface area contributed by atoms with E-state index in [1.165, 1.54) is 14.2 Å². The van der Waals surface area contributed by atoms with Gasteiger partial charge in [0.15, 0.2) is 0 Å². The summed E-state index contributed by atoms with van der Waals surface area (Å²) < 4.78 is 35.0. The van der Waals surface area contributed by atoms with Crippen molar-refractivity contribution in [1.29, 1.82) is 0 Å². The van der Waals surface area contributed by atoms with Crippen LogP contribution in [0.1, 0.15) is 36.6 Å². The second-order valence-electron chi connectivity index (χ2n) is 9.11. The van der Waals surface area contributed by atoms with Crippen LogP contribution in [0.4, 0.5) is 0 Å². The maximum Gasteiger partial charge on any atom is 0.220 e. The van der Waals surface area contributed by atoms with Crippen molar-refractivity contribution < 1.29 is 38.6 Å². The Labute approximate surface area is 210 Å². The van der Waals surface area contributed by atoms with Gasteiger partial charge in [-0.05, 0) is 55.2 Å². The van der Waals surface area contributed by atoms with Crippen LogP contribution in [0.5, 0.6) is 5.75 Å². The van der Waals surface area contributed by atoms with Crippen LogP contribution < -0.4 is 4.74 Å². The summed E-state index contributed by atoms with van der Waals surface area (Å²) in [6, 6.07) is 13.2. The number of fused-ring (bicyclic) bond motifs is 1. The van der Waals surface area contributed by atoms with Crippen LogP contribution in [0.3, 0.4) is 0 Å². The molecule has 0 aromatic heterocycles. The van der Waals surface area contributed by atoms with Gasteiger partial charge in [0.05, 0.1) is 13.7 Å². The second-order valence-corrected chi connectivity index (χ2v) is 9.52. The summed E-state index contributed by atoms with van der Waals surface area (Å²) in [4.78, 5) is 0. The average molecular weight is 509 g/mol. The molecule has 0 amide bonds. The van der Waals surface area contributed by atoms with Gasteiger partial charge in [0.1, 0.15) is 36.3 Å². The smallest absolute Gasteiger partial charge is 0.220 e. The molecule has 192 valence electrons. The fraction of sp³-hybridized carbons (Fsp3) is 0.538. The first-order valence-corrected chi connectivity index (χ1v) is 11.9. The van der Waals surface area contributed by atoms with Crippen LogP contribution >= 0.6 is 11.6 Å². The van der Waals surface area contributed by atoms with Crippen molar-refractivity contribution >= 4 is 11.6 Å². The molecular weight excluding hydrogens is 476 g/mol. The molecule has 0 bridgehead atoms. The second kappa shape index (κ2) is 10.3. The summed E-state index contributed by atoms with van der Waals surface area (Å²) in [5.41, 5.74) is 2.65. The number of benzene rings is 2. The van der Waals surface area contributed by atoms with E-state index in [2.05, 4.69) is 0 Å². The summed E-state index contributed by atoms with van der Waals surface area (Å²) in [5, 5.41) is 22.1. The minimum Gasteiger partial charge on any atom is -0.497 e. The minimum atomic E-state index is -1.30. The van der Waals surface area contributed by atoms with E-state index in [0.717, 1.165) is 16.9 Å². The van der Waals surface area contributed by atoms with Gasteiger partial charge in [0.2, 0.25) is 11.6 Å². The zero-order valence-corrected chi connectivity index (χ0v) is 21.3. The number of rotatable bonds is 7. The van der Waals surface area contributed by atoms with E-state index in [1.54, 1.807) is 33.1 Å². The lowest BCUT2D eigenvalue weighted by atomic mass is 9.88. The van der Waals surface area contributed by atoms with Gasteiger partial charge in [-0.25, -0.2) is 0 Å². The first kappa shape index (κ1) is 26.3. The highest BCUT2D eigenvalue weighted by atomic mass is 35.5. The van der Waals surface area contributed by atoms with Crippen molar-refractivity contribution in [3.05, 3.63) is 64.2 Å². The average Bonchev–Trinajstić information content (AvgIpc) is 2.87. The first-order valence-electron chi connectivity index (χ1n) is 11.5. The molecule has 2 N–H and O–H groups in total. The van der Waals surface area contributed by atoms with Crippen LogP contribution in [-0.2, 0) is 30.1 Å². The summed E-state index contributed by atoms with van der Waals surface area (Å²) in [5.74, 6) is -1.80. The largest absolute Gasteiger partial charge is 0.497 e. The van der Waals surface area contributed by atoms with Gasteiger partial charge >= 0.3 is 0 Å². The third kappa shape index (κ3) is 4.82. The van der Waals surface area contributed by atoms with Gasteiger partial charge in [-0.2, -0.15) is 0 Å². The maximum absolute atomic E-state index is 11.4. The Balaban J connectivity index is 1.62. The molecule has 2 aromatic carbocycles. The van der Waals surface area contributed by atoms with Crippen LogP contribution in [0.15, 0.2) is 42.5 Å². The molecule has 2 aliphatic rings. The van der Waals surface area contributed by atoms with E-state index in [-0.39, 0.29) is 6.61 Å². The number of hydrogen-bond acceptors (Lipinski definition) is 8. The monoisotopic (exact) mass is 508 g/mol. The number of aliphatic hydroxyl groups excluding tert-OH is 2. The Morgan fingerprint density at radius 3 is 2.14 bits per heavy atom. The van der Waals surface area contributed by atoms with Crippen molar-refractivity contribution in [2.24, 2.45) is 0 Å². The lowest BCUT2D eigenvalue weighted by Crippen LogP contribution is -2.71. The van der Waals surface area contributed by atoms with Gasteiger partial charge in [-0.3, -0.25) is 0 Å². The van der Waals surface area contributed by atoms with E-state index in [0.29, 0.717) is 17.0 Å². The van der Waals surface area contributed by atoms with Crippen LogP contribution in [0, 0.1) is 0 Å². The molecule has 2 aromatic rings. The number of hydrogen-bond donors (Lipinski definition) is 2. The van der Waals surface area contributed by atoms with Gasteiger partial charge in [-0.1, -0.05) is 35.9 Å².